The molecular formula is C9H16N4O2. The third-order valence-electron chi connectivity index (χ3n) is 1.80. The first-order valence-corrected chi connectivity index (χ1v) is 4.62. The van der Waals surface area contributed by atoms with Crippen molar-refractivity contribution in [2.24, 2.45) is 7.05 Å². The fourth-order valence-electron chi connectivity index (χ4n) is 0.976. The number of urea groups is 1. The van der Waals surface area contributed by atoms with Crippen molar-refractivity contribution in [3.63, 3.8) is 0 Å². The van der Waals surface area contributed by atoms with Crippen molar-refractivity contribution in [2.45, 2.75) is 19.4 Å². The summed E-state index contributed by atoms with van der Waals surface area (Å²) in [7, 11) is 1.76. The number of rotatable bonds is 3. The summed E-state index contributed by atoms with van der Waals surface area (Å²) in [6.07, 6.45) is 1.73. The van der Waals surface area contributed by atoms with Crippen LogP contribution in [0.15, 0.2) is 12.3 Å². The summed E-state index contributed by atoms with van der Waals surface area (Å²) >= 11 is 0. The van der Waals surface area contributed by atoms with E-state index in [1.165, 1.54) is 0 Å². The summed E-state index contributed by atoms with van der Waals surface area (Å²) in [5.74, 6) is 0.476. The van der Waals surface area contributed by atoms with E-state index in [4.69, 9.17) is 5.11 Å². The topological polar surface area (TPSA) is 79.2 Å². The van der Waals surface area contributed by atoms with E-state index in [0.717, 1.165) is 0 Å². The van der Waals surface area contributed by atoms with Gasteiger partial charge >= 0.3 is 6.03 Å². The van der Waals surface area contributed by atoms with Crippen molar-refractivity contribution in [3.05, 3.63) is 12.3 Å². The number of aryl methyl sites for hydroxylation is 1. The molecule has 0 aliphatic rings. The summed E-state index contributed by atoms with van der Waals surface area (Å²) in [4.78, 5) is 11.4. The molecule has 15 heavy (non-hydrogen) atoms. The molecule has 0 saturated heterocycles. The van der Waals surface area contributed by atoms with Crippen LogP contribution in [-0.4, -0.2) is 33.1 Å². The zero-order valence-corrected chi connectivity index (χ0v) is 9.11. The highest BCUT2D eigenvalue weighted by molar-refractivity contribution is 5.88. The number of amides is 2. The molecule has 6 nitrogen and oxygen atoms in total. The summed E-state index contributed by atoms with van der Waals surface area (Å²) < 4.78 is 1.59. The maximum atomic E-state index is 11.4. The Labute approximate surface area is 88.3 Å². The normalized spacial score (nSPS) is 11.2. The Bertz CT molecular complexity index is 346. The van der Waals surface area contributed by atoms with Crippen LogP contribution in [0.25, 0.3) is 0 Å². The molecule has 2 amide bonds. The molecule has 0 radical (unpaired) electrons. The third kappa shape index (κ3) is 3.59. The maximum absolute atomic E-state index is 11.4. The lowest BCUT2D eigenvalue weighted by Crippen LogP contribution is -2.48. The van der Waals surface area contributed by atoms with Gasteiger partial charge in [-0.25, -0.2) is 4.79 Å². The minimum atomic E-state index is -0.640. The lowest BCUT2D eigenvalue weighted by atomic mass is 10.1. The Balaban J connectivity index is 2.50. The average molecular weight is 212 g/mol. The van der Waals surface area contributed by atoms with E-state index in [1.807, 2.05) is 0 Å². The Morgan fingerprint density at radius 2 is 2.33 bits per heavy atom. The molecule has 0 atom stereocenters. The maximum Gasteiger partial charge on any atom is 0.320 e. The number of anilines is 1. The van der Waals surface area contributed by atoms with E-state index < -0.39 is 5.54 Å². The highest BCUT2D eigenvalue weighted by Gasteiger charge is 2.19. The van der Waals surface area contributed by atoms with Crippen LogP contribution in [0, 0.1) is 0 Å². The SMILES string of the molecule is Cn1ccc(NC(=O)NC(C)(C)CO)n1. The van der Waals surface area contributed by atoms with E-state index >= 15 is 0 Å². The standard InChI is InChI=1S/C9H16N4O2/c1-9(2,6-14)11-8(15)10-7-4-5-13(3)12-7/h4-5,14H,6H2,1-3H3,(H2,10,11,12,15). The van der Waals surface area contributed by atoms with Gasteiger partial charge in [0.05, 0.1) is 12.1 Å². The van der Waals surface area contributed by atoms with Crippen LogP contribution in [0.3, 0.4) is 0 Å². The van der Waals surface area contributed by atoms with Crippen LogP contribution in [0.5, 0.6) is 0 Å². The first-order valence-electron chi connectivity index (χ1n) is 4.62. The number of hydrogen-bond donors (Lipinski definition) is 3. The Hall–Kier alpha value is -1.56. The fourth-order valence-corrected chi connectivity index (χ4v) is 0.976. The van der Waals surface area contributed by atoms with E-state index in [9.17, 15) is 4.79 Å². The van der Waals surface area contributed by atoms with Crippen LogP contribution < -0.4 is 10.6 Å². The molecule has 84 valence electrons. The predicted molar refractivity (Wildman–Crippen MR) is 56.5 cm³/mol. The molecule has 0 aliphatic carbocycles. The average Bonchev–Trinajstić information content (AvgIpc) is 2.50. The number of hydrogen-bond acceptors (Lipinski definition) is 3. The Kier molecular flexibility index (Phi) is 3.31. The molecule has 0 aliphatic heterocycles. The summed E-state index contributed by atoms with van der Waals surface area (Å²) in [5, 5.41) is 18.1. The van der Waals surface area contributed by atoms with Gasteiger partial charge in [-0.1, -0.05) is 0 Å². The number of nitrogens with one attached hydrogen (secondary N) is 2. The van der Waals surface area contributed by atoms with E-state index in [1.54, 1.807) is 37.8 Å². The second-order valence-electron chi connectivity index (χ2n) is 4.00. The molecule has 0 saturated carbocycles. The first-order chi connectivity index (χ1) is 6.93. The Morgan fingerprint density at radius 3 is 2.80 bits per heavy atom. The first kappa shape index (κ1) is 11.5. The summed E-state index contributed by atoms with van der Waals surface area (Å²) in [5.41, 5.74) is -0.640. The second-order valence-corrected chi connectivity index (χ2v) is 4.00. The summed E-state index contributed by atoms with van der Waals surface area (Å²) in [6.45, 7) is 3.33. The van der Waals surface area contributed by atoms with Gasteiger partial charge < -0.3 is 10.4 Å². The number of aromatic nitrogens is 2. The van der Waals surface area contributed by atoms with Crippen molar-refractivity contribution < 1.29 is 9.90 Å². The largest absolute Gasteiger partial charge is 0.394 e. The molecule has 0 fully saturated rings. The van der Waals surface area contributed by atoms with Crippen LogP contribution in [0.4, 0.5) is 10.6 Å². The molecule has 1 aromatic heterocycles. The van der Waals surface area contributed by atoms with Crippen molar-refractivity contribution >= 4 is 11.8 Å². The van der Waals surface area contributed by atoms with Gasteiger partial charge in [0.1, 0.15) is 0 Å². The van der Waals surface area contributed by atoms with Gasteiger partial charge in [0.15, 0.2) is 5.82 Å². The van der Waals surface area contributed by atoms with Gasteiger partial charge in [0.25, 0.3) is 0 Å². The van der Waals surface area contributed by atoms with Crippen molar-refractivity contribution in [3.8, 4) is 0 Å². The minimum absolute atomic E-state index is 0.122. The van der Waals surface area contributed by atoms with Crippen LogP contribution in [0.2, 0.25) is 0 Å². The highest BCUT2D eigenvalue weighted by atomic mass is 16.3. The third-order valence-corrected chi connectivity index (χ3v) is 1.80. The van der Waals surface area contributed by atoms with Crippen molar-refractivity contribution in [2.75, 3.05) is 11.9 Å². The molecule has 1 rings (SSSR count). The minimum Gasteiger partial charge on any atom is -0.394 e. The number of aliphatic hydroxyl groups is 1. The second kappa shape index (κ2) is 4.31. The number of nitrogens with zero attached hydrogens (tertiary/aromatic N) is 2. The monoisotopic (exact) mass is 212 g/mol. The quantitative estimate of drug-likeness (QED) is 0.674. The molecule has 0 spiro atoms. The zero-order chi connectivity index (χ0) is 11.5. The molecule has 0 unspecified atom stereocenters. The fraction of sp³-hybridized carbons (Fsp3) is 0.556. The molecule has 1 heterocycles. The highest BCUT2D eigenvalue weighted by Crippen LogP contribution is 2.03. The molecule has 0 bridgehead atoms. The van der Waals surface area contributed by atoms with Crippen molar-refractivity contribution in [1.82, 2.24) is 15.1 Å². The molecule has 6 heteroatoms. The Morgan fingerprint density at radius 1 is 1.67 bits per heavy atom. The number of carbonyl (C=O) groups is 1. The molecule has 0 aromatic carbocycles. The van der Waals surface area contributed by atoms with Crippen LogP contribution in [0.1, 0.15) is 13.8 Å². The van der Waals surface area contributed by atoms with Gasteiger partial charge in [-0.3, -0.25) is 10.00 Å². The lowest BCUT2D eigenvalue weighted by Gasteiger charge is -2.23. The van der Waals surface area contributed by atoms with Gasteiger partial charge in [-0.05, 0) is 13.8 Å². The predicted octanol–water partition coefficient (Wildman–Crippen LogP) is 0.312. The van der Waals surface area contributed by atoms with Gasteiger partial charge in [0, 0.05) is 19.3 Å². The lowest BCUT2D eigenvalue weighted by molar-refractivity contribution is 0.187. The van der Waals surface area contributed by atoms with Crippen LogP contribution >= 0.6 is 0 Å². The van der Waals surface area contributed by atoms with E-state index in [-0.39, 0.29) is 12.6 Å². The number of carbonyl (C=O) groups excluding carboxylic acids is 1. The van der Waals surface area contributed by atoms with Crippen molar-refractivity contribution in [1.29, 1.82) is 0 Å². The summed E-state index contributed by atoms with van der Waals surface area (Å²) in [6, 6.07) is 1.30. The molecule has 3 N–H and O–H groups in total. The van der Waals surface area contributed by atoms with Gasteiger partial charge in [0.2, 0.25) is 0 Å². The van der Waals surface area contributed by atoms with E-state index in [0.29, 0.717) is 5.82 Å². The van der Waals surface area contributed by atoms with Crippen LogP contribution in [-0.2, 0) is 7.05 Å². The zero-order valence-electron chi connectivity index (χ0n) is 9.11. The van der Waals surface area contributed by atoms with Gasteiger partial charge in [-0.15, -0.1) is 0 Å². The number of aliphatic hydroxyl groups excluding tert-OH is 1. The molecule has 1 aromatic rings. The molecular weight excluding hydrogens is 196 g/mol. The smallest absolute Gasteiger partial charge is 0.320 e. The van der Waals surface area contributed by atoms with Gasteiger partial charge in [-0.2, -0.15) is 5.10 Å². The van der Waals surface area contributed by atoms with E-state index in [2.05, 4.69) is 15.7 Å².